The van der Waals surface area contributed by atoms with E-state index in [1.165, 1.54) is 6.42 Å². The van der Waals surface area contributed by atoms with E-state index in [0.717, 1.165) is 44.6 Å². The van der Waals surface area contributed by atoms with Crippen LogP contribution in [0.1, 0.15) is 30.9 Å². The minimum atomic E-state index is -0.245. The Morgan fingerprint density at radius 1 is 0.846 bits per heavy atom. The van der Waals surface area contributed by atoms with Crippen LogP contribution in [0, 0.1) is 0 Å². The van der Waals surface area contributed by atoms with Crippen molar-refractivity contribution in [1.82, 2.24) is 19.6 Å². The first-order valence-electron chi connectivity index (χ1n) is 9.62. The highest BCUT2D eigenvalue weighted by molar-refractivity contribution is 5.83. The first-order chi connectivity index (χ1) is 12.6. The zero-order valence-corrected chi connectivity index (χ0v) is 15.9. The SMILES string of the molecule is CN(C)C(=O)N1CCN(C(C(=O)N2CCCCC2)c2ccccc2)CC1. The summed E-state index contributed by atoms with van der Waals surface area (Å²) in [5.41, 5.74) is 1.05. The fraction of sp³-hybridized carbons (Fsp3) is 0.600. The number of piperazine rings is 1. The van der Waals surface area contributed by atoms with Gasteiger partial charge in [0.1, 0.15) is 6.04 Å². The standard InChI is InChI=1S/C20H30N4O2/c1-21(2)20(26)24-15-13-22(14-16-24)18(17-9-5-3-6-10-17)19(25)23-11-7-4-8-12-23/h3,5-6,9-10,18H,4,7-8,11-16H2,1-2H3. The fourth-order valence-electron chi connectivity index (χ4n) is 3.89. The summed E-state index contributed by atoms with van der Waals surface area (Å²) in [5, 5.41) is 0. The van der Waals surface area contributed by atoms with Crippen LogP contribution in [0.15, 0.2) is 30.3 Å². The van der Waals surface area contributed by atoms with Crippen molar-refractivity contribution < 1.29 is 9.59 Å². The number of carbonyl (C=O) groups excluding carboxylic acids is 2. The molecule has 2 aliphatic rings. The molecule has 142 valence electrons. The van der Waals surface area contributed by atoms with Crippen LogP contribution in [0.4, 0.5) is 4.79 Å². The van der Waals surface area contributed by atoms with Crippen molar-refractivity contribution in [3.8, 4) is 0 Å². The van der Waals surface area contributed by atoms with Gasteiger partial charge >= 0.3 is 6.03 Å². The van der Waals surface area contributed by atoms with Gasteiger partial charge in [-0.2, -0.15) is 0 Å². The van der Waals surface area contributed by atoms with Crippen LogP contribution in [0.3, 0.4) is 0 Å². The van der Waals surface area contributed by atoms with Crippen molar-refractivity contribution in [3.05, 3.63) is 35.9 Å². The molecule has 6 heteroatoms. The van der Waals surface area contributed by atoms with Gasteiger partial charge in [0.25, 0.3) is 0 Å². The summed E-state index contributed by atoms with van der Waals surface area (Å²) in [6.07, 6.45) is 3.40. The zero-order valence-electron chi connectivity index (χ0n) is 15.9. The Kier molecular flexibility index (Phi) is 6.14. The van der Waals surface area contributed by atoms with Gasteiger partial charge in [-0.25, -0.2) is 4.79 Å². The molecular weight excluding hydrogens is 328 g/mol. The van der Waals surface area contributed by atoms with E-state index in [0.29, 0.717) is 13.1 Å². The van der Waals surface area contributed by atoms with Gasteiger partial charge in [-0.05, 0) is 24.8 Å². The lowest BCUT2D eigenvalue weighted by Crippen LogP contribution is -2.54. The molecule has 2 aliphatic heterocycles. The maximum Gasteiger partial charge on any atom is 0.319 e. The van der Waals surface area contributed by atoms with Crippen molar-refractivity contribution in [3.63, 3.8) is 0 Å². The number of nitrogens with zero attached hydrogens (tertiary/aromatic N) is 4. The summed E-state index contributed by atoms with van der Waals surface area (Å²) in [4.78, 5) is 33.2. The molecule has 0 N–H and O–H groups in total. The van der Waals surface area contributed by atoms with E-state index >= 15 is 0 Å². The van der Waals surface area contributed by atoms with Gasteiger partial charge in [-0.3, -0.25) is 9.69 Å². The average Bonchev–Trinajstić information content (AvgIpc) is 2.69. The molecular formula is C20H30N4O2. The van der Waals surface area contributed by atoms with Crippen LogP contribution in [-0.4, -0.2) is 84.9 Å². The molecule has 6 nitrogen and oxygen atoms in total. The van der Waals surface area contributed by atoms with Crippen LogP contribution >= 0.6 is 0 Å². The number of piperidine rings is 1. The first-order valence-corrected chi connectivity index (χ1v) is 9.62. The molecule has 3 amide bonds. The second-order valence-corrected chi connectivity index (χ2v) is 7.40. The predicted octanol–water partition coefficient (Wildman–Crippen LogP) is 2.04. The van der Waals surface area contributed by atoms with E-state index in [1.807, 2.05) is 40.1 Å². The molecule has 1 unspecified atom stereocenters. The number of carbonyl (C=O) groups is 2. The van der Waals surface area contributed by atoms with Crippen LogP contribution < -0.4 is 0 Å². The Morgan fingerprint density at radius 2 is 1.46 bits per heavy atom. The lowest BCUT2D eigenvalue weighted by Gasteiger charge is -2.41. The van der Waals surface area contributed by atoms with Gasteiger partial charge < -0.3 is 14.7 Å². The topological polar surface area (TPSA) is 47.1 Å². The Balaban J connectivity index is 1.74. The molecule has 1 aromatic rings. The van der Waals surface area contributed by atoms with Gasteiger partial charge in [0.15, 0.2) is 0 Å². The number of hydrogen-bond acceptors (Lipinski definition) is 3. The van der Waals surface area contributed by atoms with E-state index in [2.05, 4.69) is 4.90 Å². The quantitative estimate of drug-likeness (QED) is 0.831. The molecule has 3 rings (SSSR count). The zero-order chi connectivity index (χ0) is 18.5. The van der Waals surface area contributed by atoms with E-state index < -0.39 is 0 Å². The largest absolute Gasteiger partial charge is 0.341 e. The maximum atomic E-state index is 13.3. The van der Waals surface area contributed by atoms with Gasteiger partial charge in [0, 0.05) is 53.4 Å². The van der Waals surface area contributed by atoms with E-state index in [4.69, 9.17) is 0 Å². The summed E-state index contributed by atoms with van der Waals surface area (Å²) in [5.74, 6) is 0.211. The van der Waals surface area contributed by atoms with Crippen molar-refractivity contribution in [2.24, 2.45) is 0 Å². The first kappa shape index (κ1) is 18.7. The third-order valence-electron chi connectivity index (χ3n) is 5.35. The highest BCUT2D eigenvalue weighted by Crippen LogP contribution is 2.26. The van der Waals surface area contributed by atoms with Crippen LogP contribution in [0.5, 0.6) is 0 Å². The molecule has 0 spiro atoms. The molecule has 0 radical (unpaired) electrons. The number of benzene rings is 1. The third kappa shape index (κ3) is 4.18. The maximum absolute atomic E-state index is 13.3. The molecule has 0 aromatic heterocycles. The van der Waals surface area contributed by atoms with E-state index in [1.54, 1.807) is 19.0 Å². The summed E-state index contributed by atoms with van der Waals surface area (Å²) < 4.78 is 0. The Hall–Kier alpha value is -2.08. The number of amides is 3. The normalized spacial score (nSPS) is 19.9. The molecule has 0 aliphatic carbocycles. The summed E-state index contributed by atoms with van der Waals surface area (Å²) >= 11 is 0. The van der Waals surface area contributed by atoms with E-state index in [9.17, 15) is 9.59 Å². The second kappa shape index (κ2) is 8.54. The molecule has 26 heavy (non-hydrogen) atoms. The average molecular weight is 358 g/mol. The molecule has 1 atom stereocenters. The minimum absolute atomic E-state index is 0.0447. The lowest BCUT2D eigenvalue weighted by atomic mass is 10.0. The molecule has 0 saturated carbocycles. The van der Waals surface area contributed by atoms with Gasteiger partial charge in [0.05, 0.1) is 0 Å². The van der Waals surface area contributed by atoms with Crippen molar-refractivity contribution >= 4 is 11.9 Å². The van der Waals surface area contributed by atoms with E-state index in [-0.39, 0.29) is 18.0 Å². The van der Waals surface area contributed by atoms with Crippen molar-refractivity contribution in [2.45, 2.75) is 25.3 Å². The fourth-order valence-corrected chi connectivity index (χ4v) is 3.89. The monoisotopic (exact) mass is 358 g/mol. The third-order valence-corrected chi connectivity index (χ3v) is 5.35. The molecule has 2 heterocycles. The van der Waals surface area contributed by atoms with Gasteiger partial charge in [0.2, 0.25) is 5.91 Å². The van der Waals surface area contributed by atoms with Crippen molar-refractivity contribution in [2.75, 3.05) is 53.4 Å². The van der Waals surface area contributed by atoms with Crippen molar-refractivity contribution in [1.29, 1.82) is 0 Å². The van der Waals surface area contributed by atoms with Crippen LogP contribution in [-0.2, 0) is 4.79 Å². The summed E-state index contributed by atoms with van der Waals surface area (Å²) in [6.45, 7) is 4.49. The Labute approximate surface area is 156 Å². The highest BCUT2D eigenvalue weighted by atomic mass is 16.2. The molecule has 0 bridgehead atoms. The summed E-state index contributed by atoms with van der Waals surface area (Å²) in [6, 6.07) is 9.87. The lowest BCUT2D eigenvalue weighted by molar-refractivity contribution is -0.139. The number of hydrogen-bond donors (Lipinski definition) is 0. The summed E-state index contributed by atoms with van der Waals surface area (Å²) in [7, 11) is 3.56. The second-order valence-electron chi connectivity index (χ2n) is 7.40. The number of rotatable bonds is 3. The number of likely N-dealkylation sites (tertiary alicyclic amines) is 1. The minimum Gasteiger partial charge on any atom is -0.341 e. The molecule has 2 saturated heterocycles. The van der Waals surface area contributed by atoms with Gasteiger partial charge in [-0.15, -0.1) is 0 Å². The number of urea groups is 1. The Bertz CT molecular complexity index is 605. The van der Waals surface area contributed by atoms with Crippen LogP contribution in [0.2, 0.25) is 0 Å². The van der Waals surface area contributed by atoms with Crippen LogP contribution in [0.25, 0.3) is 0 Å². The van der Waals surface area contributed by atoms with Gasteiger partial charge in [-0.1, -0.05) is 30.3 Å². The Morgan fingerprint density at radius 3 is 2.04 bits per heavy atom. The molecule has 2 fully saturated rings. The molecule has 1 aromatic carbocycles. The smallest absolute Gasteiger partial charge is 0.319 e. The predicted molar refractivity (Wildman–Crippen MR) is 102 cm³/mol. The highest BCUT2D eigenvalue weighted by Gasteiger charge is 2.34.